The van der Waals surface area contributed by atoms with Gasteiger partial charge in [0.15, 0.2) is 0 Å². The van der Waals surface area contributed by atoms with Crippen molar-refractivity contribution in [2.75, 3.05) is 40.0 Å². The van der Waals surface area contributed by atoms with Crippen LogP contribution in [0.5, 0.6) is 0 Å². The molecule has 1 N–H and O–H groups in total. The highest BCUT2D eigenvalue weighted by atomic mass is 19.4. The van der Waals surface area contributed by atoms with Crippen LogP contribution in [0, 0.1) is 11.3 Å². The van der Waals surface area contributed by atoms with Gasteiger partial charge < -0.3 is 29.3 Å². The third-order valence-electron chi connectivity index (χ3n) is 9.47. The fraction of sp³-hybridized carbons (Fsp3) is 0.581. The maximum absolute atomic E-state index is 14.4. The van der Waals surface area contributed by atoms with Gasteiger partial charge in [0, 0.05) is 70.3 Å². The van der Waals surface area contributed by atoms with Crippen molar-refractivity contribution in [2.24, 2.45) is 11.3 Å². The molecular formula is C31H37F3N4O5. The number of halogens is 3. The minimum absolute atomic E-state index is 0.0211. The number of hydrogen-bond acceptors (Lipinski definition) is 7. The number of aromatic nitrogens is 1. The van der Waals surface area contributed by atoms with E-state index in [1.54, 1.807) is 16.9 Å². The topological polar surface area (TPSA) is 93.2 Å². The number of carbonyl (C=O) groups excluding carboxylic acids is 2. The Hall–Kier alpha value is -3.22. The summed E-state index contributed by atoms with van der Waals surface area (Å²) in [6.07, 6.45) is -1.86. The number of nitrogens with one attached hydrogen (secondary N) is 1. The Morgan fingerprint density at radius 3 is 2.79 bits per heavy atom. The van der Waals surface area contributed by atoms with Crippen LogP contribution in [0.2, 0.25) is 0 Å². The molecule has 5 atom stereocenters. The summed E-state index contributed by atoms with van der Waals surface area (Å²) >= 11 is 0. The molecule has 3 fully saturated rings. The molecule has 0 radical (unpaired) electrons. The summed E-state index contributed by atoms with van der Waals surface area (Å²) in [6, 6.07) is 10.6. The Morgan fingerprint density at radius 1 is 1.21 bits per heavy atom. The van der Waals surface area contributed by atoms with Gasteiger partial charge in [-0.1, -0.05) is 30.3 Å². The molecule has 0 spiro atoms. The number of benzene rings is 1. The number of pyridine rings is 1. The van der Waals surface area contributed by atoms with Crippen LogP contribution < -0.4 is 5.32 Å². The number of methoxy groups -OCH3 is 1. The normalized spacial score (nSPS) is 28.8. The van der Waals surface area contributed by atoms with E-state index in [2.05, 4.69) is 10.3 Å². The molecule has 0 unspecified atom stereocenters. The van der Waals surface area contributed by atoms with Crippen molar-refractivity contribution in [3.8, 4) is 0 Å². The number of fused-ring (bicyclic) bond motifs is 2. The van der Waals surface area contributed by atoms with E-state index in [4.69, 9.17) is 14.2 Å². The molecule has 2 aromatic rings. The minimum atomic E-state index is -4.52. The average Bonchev–Trinajstić information content (AvgIpc) is 3.54. The number of carbonyl (C=O) groups is 2. The first-order valence-electron chi connectivity index (χ1n) is 14.8. The average molecular weight is 603 g/mol. The molecule has 1 aliphatic carbocycles. The first kappa shape index (κ1) is 29.8. The zero-order valence-electron chi connectivity index (χ0n) is 24.1. The van der Waals surface area contributed by atoms with E-state index in [9.17, 15) is 22.8 Å². The molecule has 4 heterocycles. The molecule has 3 aliphatic heterocycles. The summed E-state index contributed by atoms with van der Waals surface area (Å²) in [5, 5.41) is 3.72. The van der Waals surface area contributed by atoms with E-state index in [-0.39, 0.29) is 49.7 Å². The Labute approximate surface area is 248 Å². The van der Waals surface area contributed by atoms with Gasteiger partial charge in [-0.25, -0.2) is 4.79 Å². The van der Waals surface area contributed by atoms with E-state index < -0.39 is 23.2 Å². The first-order chi connectivity index (χ1) is 20.7. The largest absolute Gasteiger partial charge is 0.445 e. The van der Waals surface area contributed by atoms with Crippen LogP contribution in [0.4, 0.5) is 18.0 Å². The summed E-state index contributed by atoms with van der Waals surface area (Å²) in [6.45, 7) is 2.25. The predicted molar refractivity (Wildman–Crippen MR) is 149 cm³/mol. The van der Waals surface area contributed by atoms with Crippen LogP contribution in [-0.4, -0.2) is 84.9 Å². The van der Waals surface area contributed by atoms with Gasteiger partial charge in [-0.3, -0.25) is 9.78 Å². The second-order valence-electron chi connectivity index (χ2n) is 12.1. The molecule has 2 amide bonds. The van der Waals surface area contributed by atoms with Crippen LogP contribution in [0.15, 0.2) is 42.6 Å². The van der Waals surface area contributed by atoms with Gasteiger partial charge in [0.25, 0.3) is 0 Å². The Morgan fingerprint density at radius 2 is 2.02 bits per heavy atom. The summed E-state index contributed by atoms with van der Waals surface area (Å²) in [7, 11) is 1.66. The Balaban J connectivity index is 1.21. The third-order valence-corrected chi connectivity index (χ3v) is 9.47. The molecule has 4 aliphatic rings. The summed E-state index contributed by atoms with van der Waals surface area (Å²) < 4.78 is 57.1. The number of nitrogens with zero attached hydrogens (tertiary/aromatic N) is 3. The smallest absolute Gasteiger partial charge is 0.417 e. The monoisotopic (exact) mass is 602 g/mol. The van der Waals surface area contributed by atoms with Gasteiger partial charge >= 0.3 is 12.3 Å². The van der Waals surface area contributed by atoms with E-state index in [1.807, 2.05) is 30.3 Å². The maximum atomic E-state index is 14.4. The highest BCUT2D eigenvalue weighted by Gasteiger charge is 2.60. The van der Waals surface area contributed by atoms with Gasteiger partial charge in [0.05, 0.1) is 23.7 Å². The second-order valence-corrected chi connectivity index (χ2v) is 12.1. The van der Waals surface area contributed by atoms with Crippen molar-refractivity contribution in [3.05, 3.63) is 65.0 Å². The number of ether oxygens (including phenoxy) is 3. The minimum Gasteiger partial charge on any atom is -0.445 e. The van der Waals surface area contributed by atoms with Gasteiger partial charge in [-0.15, -0.1) is 0 Å². The lowest BCUT2D eigenvalue weighted by atomic mass is 9.78. The van der Waals surface area contributed by atoms with Gasteiger partial charge in [0.2, 0.25) is 5.91 Å². The Kier molecular flexibility index (Phi) is 8.36. The Bertz CT molecular complexity index is 1330. The van der Waals surface area contributed by atoms with E-state index >= 15 is 0 Å². The van der Waals surface area contributed by atoms with Gasteiger partial charge in [-0.2, -0.15) is 13.2 Å². The van der Waals surface area contributed by atoms with E-state index in [0.29, 0.717) is 56.8 Å². The molecule has 9 nitrogen and oxygen atoms in total. The molecular weight excluding hydrogens is 565 g/mol. The molecule has 1 aromatic carbocycles. The molecule has 2 saturated heterocycles. The number of amides is 2. The summed E-state index contributed by atoms with van der Waals surface area (Å²) in [4.78, 5) is 35.0. The fourth-order valence-electron chi connectivity index (χ4n) is 7.29. The van der Waals surface area contributed by atoms with Crippen molar-refractivity contribution in [1.29, 1.82) is 0 Å². The number of rotatable bonds is 6. The van der Waals surface area contributed by atoms with E-state index in [0.717, 1.165) is 24.2 Å². The third kappa shape index (κ3) is 6.09. The quantitative estimate of drug-likeness (QED) is 0.538. The van der Waals surface area contributed by atoms with Gasteiger partial charge in [0.1, 0.15) is 6.61 Å². The van der Waals surface area contributed by atoms with Crippen molar-refractivity contribution in [1.82, 2.24) is 20.1 Å². The lowest BCUT2D eigenvalue weighted by molar-refractivity contribution is -0.143. The number of alkyl halides is 3. The lowest BCUT2D eigenvalue weighted by Gasteiger charge is -2.37. The molecule has 0 bridgehead atoms. The van der Waals surface area contributed by atoms with Crippen LogP contribution >= 0.6 is 0 Å². The van der Waals surface area contributed by atoms with Crippen LogP contribution in [0.25, 0.3) is 0 Å². The maximum Gasteiger partial charge on any atom is 0.417 e. The van der Waals surface area contributed by atoms with Crippen molar-refractivity contribution < 1.29 is 37.0 Å². The first-order valence-corrected chi connectivity index (χ1v) is 14.8. The SMILES string of the molecule is CO[C@@H]1COCC[C@@H]1N[C@@H]1C[C@H]2CN(C(=O)OCc3ccccc3)C[C@@]2(C(=O)N2CCc3ncc(C(F)(F)F)cc3C2)C1. The molecule has 6 rings (SSSR count). The molecule has 232 valence electrons. The van der Waals surface area contributed by atoms with Crippen LogP contribution in [-0.2, 0) is 44.8 Å². The number of likely N-dealkylation sites (tertiary alicyclic amines) is 1. The molecule has 12 heteroatoms. The van der Waals surface area contributed by atoms with Crippen molar-refractivity contribution >= 4 is 12.0 Å². The van der Waals surface area contributed by atoms with Gasteiger partial charge in [-0.05, 0) is 42.4 Å². The number of hydrogen-bond donors (Lipinski definition) is 1. The van der Waals surface area contributed by atoms with Crippen LogP contribution in [0.3, 0.4) is 0 Å². The van der Waals surface area contributed by atoms with Crippen molar-refractivity contribution in [2.45, 2.75) is 63.2 Å². The van der Waals surface area contributed by atoms with E-state index in [1.165, 1.54) is 0 Å². The standard InChI is InChI=1S/C31H37F3N4O5/c1-41-27-18-42-10-8-26(27)36-24-12-23-16-38(29(40)43-17-20-5-3-2-4-6-20)19-30(23,13-24)28(39)37-9-7-25-21(15-37)11-22(14-35-25)31(32,33)34/h2-6,11,14,23-24,26-27,36H,7-10,12-13,15-19H2,1H3/t23-,24+,26-,27+,30-/m0/s1. The van der Waals surface area contributed by atoms with Crippen molar-refractivity contribution in [3.63, 3.8) is 0 Å². The zero-order valence-corrected chi connectivity index (χ0v) is 24.1. The van der Waals surface area contributed by atoms with Crippen LogP contribution in [0.1, 0.15) is 41.6 Å². The highest BCUT2D eigenvalue weighted by molar-refractivity contribution is 5.86. The fourth-order valence-corrected chi connectivity index (χ4v) is 7.29. The lowest BCUT2D eigenvalue weighted by Crippen LogP contribution is -2.52. The predicted octanol–water partition coefficient (Wildman–Crippen LogP) is 3.80. The highest BCUT2D eigenvalue weighted by Crippen LogP contribution is 2.51. The molecule has 1 saturated carbocycles. The summed E-state index contributed by atoms with van der Waals surface area (Å²) in [5.74, 6) is -0.248. The second kappa shape index (κ2) is 12.0. The summed E-state index contributed by atoms with van der Waals surface area (Å²) in [5.41, 5.74) is 0.174. The molecule has 1 aromatic heterocycles. The zero-order chi connectivity index (χ0) is 30.2. The molecule has 43 heavy (non-hydrogen) atoms.